The van der Waals surface area contributed by atoms with E-state index in [0.29, 0.717) is 6.61 Å². The molecule has 1 heterocycles. The van der Waals surface area contributed by atoms with Gasteiger partial charge in [0, 0.05) is 18.0 Å². The van der Waals surface area contributed by atoms with Gasteiger partial charge in [-0.25, -0.2) is 4.79 Å². The van der Waals surface area contributed by atoms with Gasteiger partial charge in [-0.05, 0) is 46.0 Å². The summed E-state index contributed by atoms with van der Waals surface area (Å²) in [7, 11) is 0. The van der Waals surface area contributed by atoms with Crippen molar-refractivity contribution >= 4 is 17.9 Å². The average Bonchev–Trinajstić information content (AvgIpc) is 2.95. The number of carbonyl (C=O) groups is 3. The average molecular weight is 610 g/mol. The highest BCUT2D eigenvalue weighted by molar-refractivity contribution is 5.82. The molecule has 0 aromatic heterocycles. The number of ether oxygens (including phenoxy) is 3. The minimum atomic E-state index is -0.838. The smallest absolute Gasteiger partial charge is 0.315 e. The van der Waals surface area contributed by atoms with E-state index >= 15 is 0 Å². The minimum absolute atomic E-state index is 0.0618. The normalized spacial score (nSPS) is 23.0. The number of hydrogen-bond donors (Lipinski definition) is 3. The van der Waals surface area contributed by atoms with Crippen molar-refractivity contribution in [1.82, 2.24) is 16.0 Å². The third kappa shape index (κ3) is 14.6. The Morgan fingerprint density at radius 1 is 0.860 bits per heavy atom. The lowest BCUT2D eigenvalue weighted by Gasteiger charge is -2.44. The highest BCUT2D eigenvalue weighted by Crippen LogP contribution is 2.34. The van der Waals surface area contributed by atoms with Crippen molar-refractivity contribution in [2.75, 3.05) is 13.2 Å². The van der Waals surface area contributed by atoms with Crippen LogP contribution in [0.3, 0.4) is 0 Å². The number of urea groups is 1. The van der Waals surface area contributed by atoms with Crippen molar-refractivity contribution in [3.63, 3.8) is 0 Å². The lowest BCUT2D eigenvalue weighted by Crippen LogP contribution is -2.56. The Morgan fingerprint density at radius 2 is 1.47 bits per heavy atom. The molecule has 43 heavy (non-hydrogen) atoms. The topological polar surface area (TPSA) is 115 Å². The van der Waals surface area contributed by atoms with E-state index in [2.05, 4.69) is 29.8 Å². The molecule has 3 N–H and O–H groups in total. The Morgan fingerprint density at radius 3 is 2.09 bits per heavy atom. The Balaban J connectivity index is 1.81. The van der Waals surface area contributed by atoms with Crippen molar-refractivity contribution in [3.05, 3.63) is 0 Å². The molecule has 2 fully saturated rings. The zero-order chi connectivity index (χ0) is 31.7. The van der Waals surface area contributed by atoms with E-state index in [9.17, 15) is 14.4 Å². The van der Waals surface area contributed by atoms with Gasteiger partial charge in [0.25, 0.3) is 0 Å². The first kappa shape index (κ1) is 37.3. The Hall–Kier alpha value is -1.87. The summed E-state index contributed by atoms with van der Waals surface area (Å²) in [4.78, 5) is 38.7. The van der Waals surface area contributed by atoms with Crippen LogP contribution >= 0.6 is 0 Å². The van der Waals surface area contributed by atoms with Crippen LogP contribution in [0.4, 0.5) is 4.79 Å². The van der Waals surface area contributed by atoms with Gasteiger partial charge in [-0.2, -0.15) is 0 Å². The van der Waals surface area contributed by atoms with Gasteiger partial charge in [0.15, 0.2) is 5.79 Å². The van der Waals surface area contributed by atoms with Gasteiger partial charge in [0.05, 0.1) is 19.1 Å². The molecule has 0 aromatic rings. The Bertz CT molecular complexity index is 819. The number of unbranched alkanes of at least 4 members (excludes halogenated alkanes) is 8. The summed E-state index contributed by atoms with van der Waals surface area (Å²) in [6.45, 7) is 12.5. The second-order valence-electron chi connectivity index (χ2n) is 13.9. The second kappa shape index (κ2) is 19.5. The maximum Gasteiger partial charge on any atom is 0.315 e. The van der Waals surface area contributed by atoms with Gasteiger partial charge in [0.1, 0.15) is 12.2 Å². The molecular weight excluding hydrogens is 546 g/mol. The Kier molecular flexibility index (Phi) is 16.9. The molecule has 0 aromatic carbocycles. The number of nitrogens with one attached hydrogen (secondary N) is 3. The maximum absolute atomic E-state index is 13.1. The number of carbonyl (C=O) groups excluding carboxylic acids is 3. The van der Waals surface area contributed by atoms with Crippen LogP contribution < -0.4 is 16.0 Å². The molecule has 2 unspecified atom stereocenters. The van der Waals surface area contributed by atoms with Crippen LogP contribution in [0.2, 0.25) is 0 Å². The SMILES string of the molecule is CCCCCCCC(CCCCCCC)NC(=O)NC1CCCC[C@@H]1OC(=O)CCNC(=O)C1OC(C)(C)OCC1(C)C. The third-order valence-corrected chi connectivity index (χ3v) is 8.72. The summed E-state index contributed by atoms with van der Waals surface area (Å²) in [6, 6.07) is -0.193. The summed E-state index contributed by atoms with van der Waals surface area (Å²) in [5.41, 5.74) is -0.481. The van der Waals surface area contributed by atoms with Gasteiger partial charge in [-0.15, -0.1) is 0 Å². The molecule has 0 radical (unpaired) electrons. The Labute approximate surface area is 261 Å². The van der Waals surface area contributed by atoms with Gasteiger partial charge in [0.2, 0.25) is 5.91 Å². The van der Waals surface area contributed by atoms with E-state index in [-0.39, 0.29) is 49.1 Å². The zero-order valence-corrected chi connectivity index (χ0v) is 28.2. The molecule has 0 spiro atoms. The van der Waals surface area contributed by atoms with Gasteiger partial charge in [-0.1, -0.05) is 98.3 Å². The largest absolute Gasteiger partial charge is 0.460 e. The highest BCUT2D eigenvalue weighted by atomic mass is 16.7. The quantitative estimate of drug-likeness (QED) is 0.108. The molecule has 1 aliphatic heterocycles. The molecule has 2 aliphatic rings. The molecule has 9 heteroatoms. The summed E-state index contributed by atoms with van der Waals surface area (Å²) >= 11 is 0. The summed E-state index contributed by atoms with van der Waals surface area (Å²) < 4.78 is 17.4. The van der Waals surface area contributed by atoms with E-state index < -0.39 is 17.3 Å². The predicted molar refractivity (Wildman–Crippen MR) is 171 cm³/mol. The van der Waals surface area contributed by atoms with Gasteiger partial charge in [-0.3, -0.25) is 9.59 Å². The van der Waals surface area contributed by atoms with Crippen LogP contribution in [0.1, 0.15) is 151 Å². The van der Waals surface area contributed by atoms with Crippen LogP contribution in [0.25, 0.3) is 0 Å². The van der Waals surface area contributed by atoms with E-state index in [1.54, 1.807) is 13.8 Å². The third-order valence-electron chi connectivity index (χ3n) is 8.72. The fourth-order valence-corrected chi connectivity index (χ4v) is 6.01. The summed E-state index contributed by atoms with van der Waals surface area (Å²) in [5.74, 6) is -1.47. The molecule has 1 saturated heterocycles. The summed E-state index contributed by atoms with van der Waals surface area (Å²) in [6.07, 6.45) is 16.7. The van der Waals surface area contributed by atoms with Gasteiger partial charge < -0.3 is 30.2 Å². The maximum atomic E-state index is 13.1. The van der Waals surface area contributed by atoms with E-state index in [4.69, 9.17) is 14.2 Å². The standard InChI is InChI=1S/C34H63N3O6/c1-7-9-11-13-15-19-26(20-16-14-12-10-8-2)36-32(40)37-27-21-17-18-22-28(27)42-29(38)23-24-35-31(39)30-33(3,4)25-41-34(5,6)43-30/h26-28,30H,7-25H2,1-6H3,(H,35,39)(H2,36,37,40)/t27?,28-,30?/m0/s1. The molecule has 2 rings (SSSR count). The summed E-state index contributed by atoms with van der Waals surface area (Å²) in [5, 5.41) is 9.22. The minimum Gasteiger partial charge on any atom is -0.460 e. The fraction of sp³-hybridized carbons (Fsp3) is 0.912. The molecule has 1 saturated carbocycles. The van der Waals surface area contributed by atoms with Crippen molar-refractivity contribution < 1.29 is 28.6 Å². The van der Waals surface area contributed by atoms with E-state index in [0.717, 1.165) is 51.4 Å². The van der Waals surface area contributed by atoms with Crippen molar-refractivity contribution in [3.8, 4) is 0 Å². The van der Waals surface area contributed by atoms with Crippen LogP contribution in [0.5, 0.6) is 0 Å². The van der Waals surface area contributed by atoms with E-state index in [1.165, 1.54) is 51.4 Å². The first-order valence-electron chi connectivity index (χ1n) is 17.3. The molecule has 0 bridgehead atoms. The second-order valence-corrected chi connectivity index (χ2v) is 13.9. The number of amides is 3. The van der Waals surface area contributed by atoms with Crippen LogP contribution in [0.15, 0.2) is 0 Å². The highest BCUT2D eigenvalue weighted by Gasteiger charge is 2.45. The predicted octanol–water partition coefficient (Wildman–Crippen LogP) is 6.91. The first-order chi connectivity index (χ1) is 20.5. The van der Waals surface area contributed by atoms with E-state index in [1.807, 2.05) is 13.8 Å². The number of esters is 1. The fourth-order valence-electron chi connectivity index (χ4n) is 6.01. The van der Waals surface area contributed by atoms with Crippen molar-refractivity contribution in [2.24, 2.45) is 5.41 Å². The molecule has 3 amide bonds. The zero-order valence-electron chi connectivity index (χ0n) is 28.2. The monoisotopic (exact) mass is 609 g/mol. The van der Waals surface area contributed by atoms with Crippen LogP contribution in [0, 0.1) is 5.41 Å². The van der Waals surface area contributed by atoms with Gasteiger partial charge >= 0.3 is 12.0 Å². The van der Waals surface area contributed by atoms with Crippen LogP contribution in [-0.2, 0) is 23.8 Å². The lowest BCUT2D eigenvalue weighted by molar-refractivity contribution is -0.304. The molecule has 250 valence electrons. The first-order valence-corrected chi connectivity index (χ1v) is 17.3. The number of rotatable bonds is 19. The molecule has 3 atom stereocenters. The molecule has 1 aliphatic carbocycles. The molecule has 9 nitrogen and oxygen atoms in total. The van der Waals surface area contributed by atoms with Crippen LogP contribution in [-0.4, -0.2) is 61.1 Å². The number of hydrogen-bond acceptors (Lipinski definition) is 6. The lowest BCUT2D eigenvalue weighted by atomic mass is 9.85. The van der Waals surface area contributed by atoms with Crippen molar-refractivity contribution in [1.29, 1.82) is 0 Å². The van der Waals surface area contributed by atoms with Crippen molar-refractivity contribution in [2.45, 2.75) is 181 Å². The molecular formula is C34H63N3O6.